The molecule has 138 valence electrons. The van der Waals surface area contributed by atoms with Gasteiger partial charge in [-0.15, -0.1) is 0 Å². The summed E-state index contributed by atoms with van der Waals surface area (Å²) in [6.45, 7) is 3.57. The van der Waals surface area contributed by atoms with Crippen LogP contribution < -0.4 is 16.0 Å². The number of nitrogens with one attached hydrogen (secondary N) is 3. The van der Waals surface area contributed by atoms with E-state index >= 15 is 0 Å². The van der Waals surface area contributed by atoms with Crippen LogP contribution >= 0.6 is 12.2 Å². The second-order valence-corrected chi connectivity index (χ2v) is 6.69. The van der Waals surface area contributed by atoms with Crippen LogP contribution in [-0.4, -0.2) is 16.9 Å². The maximum Gasteiger partial charge on any atom is 0.291 e. The number of amides is 2. The molecule has 2 aromatic carbocycles. The van der Waals surface area contributed by atoms with E-state index in [1.165, 1.54) is 0 Å². The highest BCUT2D eigenvalue weighted by molar-refractivity contribution is 7.80. The summed E-state index contributed by atoms with van der Waals surface area (Å²) in [5.41, 5.74) is 1.87. The van der Waals surface area contributed by atoms with E-state index in [4.69, 9.17) is 16.6 Å². The summed E-state index contributed by atoms with van der Waals surface area (Å²) in [5, 5.41) is 9.39. The first-order valence-electron chi connectivity index (χ1n) is 8.44. The Labute approximate surface area is 161 Å². The van der Waals surface area contributed by atoms with Gasteiger partial charge in [0.2, 0.25) is 5.91 Å². The molecule has 0 saturated carbocycles. The Hall–Kier alpha value is -3.19. The molecule has 7 heteroatoms. The van der Waals surface area contributed by atoms with Gasteiger partial charge in [0.15, 0.2) is 10.9 Å². The van der Waals surface area contributed by atoms with E-state index in [1.54, 1.807) is 44.2 Å². The van der Waals surface area contributed by atoms with Crippen LogP contribution in [0.25, 0.3) is 11.0 Å². The molecule has 3 rings (SSSR count). The van der Waals surface area contributed by atoms with Crippen molar-refractivity contribution in [3.8, 4) is 0 Å². The van der Waals surface area contributed by atoms with Crippen molar-refractivity contribution in [3.05, 3.63) is 60.4 Å². The molecular weight excluding hydrogens is 362 g/mol. The summed E-state index contributed by atoms with van der Waals surface area (Å²) < 4.78 is 5.57. The average molecular weight is 381 g/mol. The standard InChI is InChI=1S/C20H19N3O3S/c1-12(2)18(24)23-20(27)22-15-8-5-7-14(11-15)21-19(25)17-10-13-6-3-4-9-16(13)26-17/h3-12H,1-2H3,(H,21,25)(H2,22,23,24,27). The molecule has 27 heavy (non-hydrogen) atoms. The van der Waals surface area contributed by atoms with Crippen molar-refractivity contribution in [2.24, 2.45) is 5.92 Å². The summed E-state index contributed by atoms with van der Waals surface area (Å²) >= 11 is 5.13. The number of furan rings is 1. The third-order valence-corrected chi connectivity index (χ3v) is 3.99. The number of rotatable bonds is 4. The lowest BCUT2D eigenvalue weighted by Gasteiger charge is -2.12. The minimum atomic E-state index is -0.348. The fourth-order valence-corrected chi connectivity index (χ4v) is 2.60. The molecule has 0 aliphatic carbocycles. The van der Waals surface area contributed by atoms with Crippen LogP contribution in [0.1, 0.15) is 24.4 Å². The van der Waals surface area contributed by atoms with E-state index in [0.29, 0.717) is 17.0 Å². The largest absolute Gasteiger partial charge is 0.451 e. The van der Waals surface area contributed by atoms with Crippen molar-refractivity contribution in [1.29, 1.82) is 0 Å². The van der Waals surface area contributed by atoms with Crippen molar-refractivity contribution in [2.75, 3.05) is 10.6 Å². The molecule has 0 radical (unpaired) electrons. The number of carbonyl (C=O) groups excluding carboxylic acids is 2. The van der Waals surface area contributed by atoms with Crippen LogP contribution in [0.4, 0.5) is 11.4 Å². The van der Waals surface area contributed by atoms with Gasteiger partial charge in [0.25, 0.3) is 5.91 Å². The maximum atomic E-state index is 12.4. The quantitative estimate of drug-likeness (QED) is 0.591. The lowest BCUT2D eigenvalue weighted by atomic mass is 10.2. The molecule has 3 aromatic rings. The van der Waals surface area contributed by atoms with E-state index in [-0.39, 0.29) is 28.6 Å². The molecule has 1 aromatic heterocycles. The van der Waals surface area contributed by atoms with E-state index in [1.807, 2.05) is 24.3 Å². The van der Waals surface area contributed by atoms with Gasteiger partial charge in [0.1, 0.15) is 5.58 Å². The van der Waals surface area contributed by atoms with Crippen molar-refractivity contribution in [1.82, 2.24) is 5.32 Å². The monoisotopic (exact) mass is 381 g/mol. The Morgan fingerprint density at radius 2 is 1.67 bits per heavy atom. The van der Waals surface area contributed by atoms with E-state index in [0.717, 1.165) is 5.39 Å². The Morgan fingerprint density at radius 3 is 2.37 bits per heavy atom. The highest BCUT2D eigenvalue weighted by Crippen LogP contribution is 2.21. The Kier molecular flexibility index (Phi) is 5.52. The fourth-order valence-electron chi connectivity index (χ4n) is 2.38. The van der Waals surface area contributed by atoms with Gasteiger partial charge >= 0.3 is 0 Å². The van der Waals surface area contributed by atoms with Gasteiger partial charge in [-0.3, -0.25) is 9.59 Å². The zero-order chi connectivity index (χ0) is 19.4. The Bertz CT molecular complexity index is 977. The molecule has 0 aliphatic heterocycles. The van der Waals surface area contributed by atoms with Crippen LogP contribution in [0, 0.1) is 5.92 Å². The summed E-state index contributed by atoms with van der Waals surface area (Å²) in [6, 6.07) is 16.1. The number of fused-ring (bicyclic) bond motifs is 1. The van der Waals surface area contributed by atoms with Crippen molar-refractivity contribution in [2.45, 2.75) is 13.8 Å². The Morgan fingerprint density at radius 1 is 0.963 bits per heavy atom. The number of hydrogen-bond donors (Lipinski definition) is 3. The zero-order valence-electron chi connectivity index (χ0n) is 14.9. The van der Waals surface area contributed by atoms with Gasteiger partial charge in [-0.25, -0.2) is 0 Å². The zero-order valence-corrected chi connectivity index (χ0v) is 15.7. The van der Waals surface area contributed by atoms with Crippen LogP contribution in [0.15, 0.2) is 59.0 Å². The number of hydrogen-bond acceptors (Lipinski definition) is 4. The third-order valence-electron chi connectivity index (χ3n) is 3.79. The molecule has 0 bridgehead atoms. The van der Waals surface area contributed by atoms with Crippen LogP contribution in [0.2, 0.25) is 0 Å². The molecule has 6 nitrogen and oxygen atoms in total. The molecule has 0 saturated heterocycles. The molecule has 1 heterocycles. The minimum absolute atomic E-state index is 0.165. The molecular formula is C20H19N3O3S. The van der Waals surface area contributed by atoms with Crippen molar-refractivity contribution < 1.29 is 14.0 Å². The third kappa shape index (κ3) is 4.71. The highest BCUT2D eigenvalue weighted by atomic mass is 32.1. The first-order valence-corrected chi connectivity index (χ1v) is 8.85. The van der Waals surface area contributed by atoms with Gasteiger partial charge in [-0.1, -0.05) is 38.1 Å². The van der Waals surface area contributed by atoms with Crippen LogP contribution in [-0.2, 0) is 4.79 Å². The molecule has 0 atom stereocenters. The second kappa shape index (κ2) is 8.01. The predicted molar refractivity (Wildman–Crippen MR) is 110 cm³/mol. The van der Waals surface area contributed by atoms with Crippen molar-refractivity contribution >= 4 is 51.5 Å². The van der Waals surface area contributed by atoms with E-state index < -0.39 is 0 Å². The molecule has 0 fully saturated rings. The normalized spacial score (nSPS) is 10.6. The van der Waals surface area contributed by atoms with Gasteiger partial charge in [-0.2, -0.15) is 0 Å². The first-order chi connectivity index (χ1) is 12.9. The van der Waals surface area contributed by atoms with Gasteiger partial charge in [-0.05, 0) is 42.5 Å². The minimum Gasteiger partial charge on any atom is -0.451 e. The molecule has 2 amide bonds. The number of thiocarbonyl (C=S) groups is 1. The molecule has 0 unspecified atom stereocenters. The summed E-state index contributed by atoms with van der Waals surface area (Å²) in [7, 11) is 0. The van der Waals surface area contributed by atoms with Gasteiger partial charge in [0.05, 0.1) is 0 Å². The van der Waals surface area contributed by atoms with E-state index in [2.05, 4.69) is 16.0 Å². The van der Waals surface area contributed by atoms with Crippen LogP contribution in [0.5, 0.6) is 0 Å². The SMILES string of the molecule is CC(C)C(=O)NC(=S)Nc1cccc(NC(=O)c2cc3ccccc3o2)c1. The number of carbonyl (C=O) groups is 2. The first kappa shape index (κ1) is 18.6. The predicted octanol–water partition coefficient (Wildman–Crippen LogP) is 4.15. The lowest BCUT2D eigenvalue weighted by molar-refractivity contribution is -0.122. The second-order valence-electron chi connectivity index (χ2n) is 6.28. The highest BCUT2D eigenvalue weighted by Gasteiger charge is 2.13. The molecule has 0 aliphatic rings. The molecule has 0 spiro atoms. The number of benzene rings is 2. The number of para-hydroxylation sites is 1. The summed E-state index contributed by atoms with van der Waals surface area (Å²) in [4.78, 5) is 24.1. The smallest absolute Gasteiger partial charge is 0.291 e. The van der Waals surface area contributed by atoms with E-state index in [9.17, 15) is 9.59 Å². The summed E-state index contributed by atoms with van der Waals surface area (Å²) in [6.07, 6.45) is 0. The van der Waals surface area contributed by atoms with Gasteiger partial charge < -0.3 is 20.4 Å². The van der Waals surface area contributed by atoms with Gasteiger partial charge in [0, 0.05) is 22.7 Å². The Balaban J connectivity index is 1.67. The molecule has 3 N–H and O–H groups in total. The van der Waals surface area contributed by atoms with Crippen LogP contribution in [0.3, 0.4) is 0 Å². The fraction of sp³-hybridized carbons (Fsp3) is 0.150. The summed E-state index contributed by atoms with van der Waals surface area (Å²) in [5.74, 6) is -0.450. The topological polar surface area (TPSA) is 83.4 Å². The van der Waals surface area contributed by atoms with Crippen molar-refractivity contribution in [3.63, 3.8) is 0 Å². The maximum absolute atomic E-state index is 12.4. The lowest BCUT2D eigenvalue weighted by Crippen LogP contribution is -2.36. The number of anilines is 2. The average Bonchev–Trinajstić information content (AvgIpc) is 3.06.